The van der Waals surface area contributed by atoms with Gasteiger partial charge >= 0.3 is 0 Å². The maximum Gasteiger partial charge on any atom is 0.274 e. The van der Waals surface area contributed by atoms with Crippen molar-refractivity contribution in [1.82, 2.24) is 4.72 Å². The van der Waals surface area contributed by atoms with E-state index in [1.165, 1.54) is 6.07 Å². The van der Waals surface area contributed by atoms with Crippen LogP contribution in [0.1, 0.15) is 31.4 Å². The van der Waals surface area contributed by atoms with Crippen LogP contribution in [0.25, 0.3) is 0 Å². The molecule has 100 valence electrons. The number of rotatable bonds is 5. The van der Waals surface area contributed by atoms with Gasteiger partial charge in [-0.2, -0.15) is 0 Å². The number of hydrogen-bond acceptors (Lipinski definition) is 4. The Kier molecular flexibility index (Phi) is 3.20. The van der Waals surface area contributed by atoms with E-state index in [1.54, 1.807) is 13.0 Å². The van der Waals surface area contributed by atoms with Crippen molar-refractivity contribution in [3.05, 3.63) is 17.9 Å². The van der Waals surface area contributed by atoms with Gasteiger partial charge in [0.1, 0.15) is 5.76 Å². The lowest BCUT2D eigenvalue weighted by Gasteiger charge is -2.40. The Morgan fingerprint density at radius 2 is 2.17 bits per heavy atom. The van der Waals surface area contributed by atoms with Gasteiger partial charge < -0.3 is 10.2 Å². The first-order valence-electron chi connectivity index (χ1n) is 5.72. The number of primary amides is 1. The van der Waals surface area contributed by atoms with Gasteiger partial charge in [0.25, 0.3) is 10.0 Å². The van der Waals surface area contributed by atoms with Crippen LogP contribution in [0.3, 0.4) is 0 Å². The lowest BCUT2D eigenvalue weighted by atomic mass is 9.75. The number of furan rings is 1. The summed E-state index contributed by atoms with van der Waals surface area (Å²) in [6, 6.07) is 2.98. The molecule has 7 heteroatoms. The lowest BCUT2D eigenvalue weighted by Crippen LogP contribution is -2.55. The van der Waals surface area contributed by atoms with Crippen LogP contribution in [0.5, 0.6) is 0 Å². The summed E-state index contributed by atoms with van der Waals surface area (Å²) in [5.41, 5.74) is 4.42. The van der Waals surface area contributed by atoms with E-state index in [0.29, 0.717) is 18.6 Å². The van der Waals surface area contributed by atoms with E-state index < -0.39 is 21.5 Å². The number of carbonyl (C=O) groups excluding carboxylic acids is 1. The van der Waals surface area contributed by atoms with Gasteiger partial charge in [0.15, 0.2) is 0 Å². The van der Waals surface area contributed by atoms with Crippen molar-refractivity contribution in [2.45, 2.75) is 43.2 Å². The molecule has 0 bridgehead atoms. The van der Waals surface area contributed by atoms with Crippen LogP contribution in [0.2, 0.25) is 0 Å². The third kappa shape index (κ3) is 2.56. The molecule has 1 amide bonds. The number of nitrogens with two attached hydrogens (primary N) is 1. The smallest absolute Gasteiger partial charge is 0.274 e. The SMILES string of the molecule is Cc1ccc(S(=O)(=O)NC2(CC(N)=O)CCC2)o1. The summed E-state index contributed by atoms with van der Waals surface area (Å²) in [6.45, 7) is 1.67. The maximum absolute atomic E-state index is 12.1. The standard InChI is InChI=1S/C11H16N2O4S/c1-8-3-4-10(17-8)18(15,16)13-11(5-2-6-11)7-9(12)14/h3-4,13H,2,5-7H2,1H3,(H2,12,14). The Hall–Kier alpha value is -1.34. The summed E-state index contributed by atoms with van der Waals surface area (Å²) in [5.74, 6) is 0.0148. The molecule has 2 rings (SSSR count). The first-order chi connectivity index (χ1) is 8.33. The summed E-state index contributed by atoms with van der Waals surface area (Å²) in [7, 11) is -3.73. The molecule has 1 saturated carbocycles. The predicted molar refractivity (Wildman–Crippen MR) is 64.2 cm³/mol. The van der Waals surface area contributed by atoms with Gasteiger partial charge in [0.05, 0.1) is 0 Å². The van der Waals surface area contributed by atoms with Crippen molar-refractivity contribution in [1.29, 1.82) is 0 Å². The number of hydrogen-bond donors (Lipinski definition) is 2. The second-order valence-electron chi connectivity index (χ2n) is 4.75. The van der Waals surface area contributed by atoms with Crippen LogP contribution in [0.15, 0.2) is 21.6 Å². The number of carbonyl (C=O) groups is 1. The minimum Gasteiger partial charge on any atom is -0.449 e. The van der Waals surface area contributed by atoms with Crippen molar-refractivity contribution >= 4 is 15.9 Å². The molecule has 0 radical (unpaired) electrons. The molecule has 0 spiro atoms. The largest absolute Gasteiger partial charge is 0.449 e. The zero-order chi connectivity index (χ0) is 13.4. The van der Waals surface area contributed by atoms with Gasteiger partial charge in [0, 0.05) is 12.0 Å². The molecule has 1 aromatic heterocycles. The van der Waals surface area contributed by atoms with Crippen molar-refractivity contribution < 1.29 is 17.6 Å². The highest BCUT2D eigenvalue weighted by molar-refractivity contribution is 7.89. The fourth-order valence-corrected chi connectivity index (χ4v) is 3.58. The molecule has 0 aliphatic heterocycles. The van der Waals surface area contributed by atoms with Gasteiger partial charge in [-0.1, -0.05) is 0 Å². The molecule has 0 saturated heterocycles. The van der Waals surface area contributed by atoms with Crippen molar-refractivity contribution in [3.8, 4) is 0 Å². The Bertz CT molecular complexity index is 557. The van der Waals surface area contributed by atoms with Crippen LogP contribution in [-0.4, -0.2) is 19.9 Å². The summed E-state index contributed by atoms with van der Waals surface area (Å²) in [4.78, 5) is 11.0. The van der Waals surface area contributed by atoms with Gasteiger partial charge in [0.2, 0.25) is 11.0 Å². The molecule has 18 heavy (non-hydrogen) atoms. The van der Waals surface area contributed by atoms with Crippen molar-refractivity contribution in [3.63, 3.8) is 0 Å². The van der Waals surface area contributed by atoms with Crippen LogP contribution < -0.4 is 10.5 Å². The van der Waals surface area contributed by atoms with Crippen LogP contribution in [0, 0.1) is 6.92 Å². The van der Waals surface area contributed by atoms with E-state index in [4.69, 9.17) is 10.2 Å². The highest BCUT2D eigenvalue weighted by Gasteiger charge is 2.42. The van der Waals surface area contributed by atoms with Crippen LogP contribution in [-0.2, 0) is 14.8 Å². The third-order valence-corrected chi connectivity index (χ3v) is 4.61. The summed E-state index contributed by atoms with van der Waals surface area (Å²) < 4.78 is 31.8. The predicted octanol–water partition coefficient (Wildman–Crippen LogP) is 0.664. The normalized spacial score (nSPS) is 18.3. The topological polar surface area (TPSA) is 102 Å². The van der Waals surface area contributed by atoms with Gasteiger partial charge in [-0.05, 0) is 38.3 Å². The molecule has 0 aromatic carbocycles. The van der Waals surface area contributed by atoms with E-state index in [-0.39, 0.29) is 11.5 Å². The summed E-state index contributed by atoms with van der Waals surface area (Å²) >= 11 is 0. The molecule has 1 aliphatic carbocycles. The average molecular weight is 272 g/mol. The van der Waals surface area contributed by atoms with E-state index in [2.05, 4.69) is 4.72 Å². The second kappa shape index (κ2) is 4.40. The average Bonchev–Trinajstić information content (AvgIpc) is 2.61. The number of aryl methyl sites for hydroxylation is 1. The lowest BCUT2D eigenvalue weighted by molar-refractivity contribution is -0.120. The van der Waals surface area contributed by atoms with E-state index in [1.807, 2.05) is 0 Å². The minimum absolute atomic E-state index is 0.0198. The molecule has 0 atom stereocenters. The van der Waals surface area contributed by atoms with E-state index >= 15 is 0 Å². The molecular weight excluding hydrogens is 256 g/mol. The monoisotopic (exact) mass is 272 g/mol. The highest BCUT2D eigenvalue weighted by Crippen LogP contribution is 2.36. The molecule has 6 nitrogen and oxygen atoms in total. The number of sulfonamides is 1. The Morgan fingerprint density at radius 1 is 1.50 bits per heavy atom. The van der Waals surface area contributed by atoms with Crippen LogP contribution in [0.4, 0.5) is 0 Å². The minimum atomic E-state index is -3.73. The van der Waals surface area contributed by atoms with Gasteiger partial charge in [-0.15, -0.1) is 0 Å². The molecule has 3 N–H and O–H groups in total. The van der Waals surface area contributed by atoms with Crippen molar-refractivity contribution in [2.75, 3.05) is 0 Å². The maximum atomic E-state index is 12.1. The zero-order valence-electron chi connectivity index (χ0n) is 10.1. The Balaban J connectivity index is 2.19. The zero-order valence-corrected chi connectivity index (χ0v) is 10.9. The van der Waals surface area contributed by atoms with Crippen molar-refractivity contribution in [2.24, 2.45) is 5.73 Å². The molecular formula is C11H16N2O4S. The molecule has 1 aromatic rings. The number of nitrogens with one attached hydrogen (secondary N) is 1. The van der Waals surface area contributed by atoms with E-state index in [0.717, 1.165) is 6.42 Å². The third-order valence-electron chi connectivity index (χ3n) is 3.15. The molecule has 1 fully saturated rings. The fraction of sp³-hybridized carbons (Fsp3) is 0.545. The van der Waals surface area contributed by atoms with Crippen LogP contribution >= 0.6 is 0 Å². The molecule has 1 heterocycles. The molecule has 0 unspecified atom stereocenters. The van der Waals surface area contributed by atoms with Gasteiger partial charge in [-0.25, -0.2) is 13.1 Å². The first-order valence-corrected chi connectivity index (χ1v) is 7.20. The highest BCUT2D eigenvalue weighted by atomic mass is 32.2. The Labute approximate surface area is 106 Å². The fourth-order valence-electron chi connectivity index (χ4n) is 2.14. The summed E-state index contributed by atoms with van der Waals surface area (Å²) in [5, 5.41) is -0.129. The number of amides is 1. The van der Waals surface area contributed by atoms with Gasteiger partial charge in [-0.3, -0.25) is 4.79 Å². The second-order valence-corrected chi connectivity index (χ2v) is 6.36. The first kappa shape index (κ1) is 13.1. The quantitative estimate of drug-likeness (QED) is 0.822. The summed E-state index contributed by atoms with van der Waals surface area (Å²) in [6.07, 6.45) is 2.14. The molecule has 1 aliphatic rings. The Morgan fingerprint density at radius 3 is 2.56 bits per heavy atom. The van der Waals surface area contributed by atoms with E-state index in [9.17, 15) is 13.2 Å².